The zero-order valence-corrected chi connectivity index (χ0v) is 17.0. The van der Waals surface area contributed by atoms with Crippen LogP contribution in [0.25, 0.3) is 5.70 Å². The van der Waals surface area contributed by atoms with Gasteiger partial charge in [0.15, 0.2) is 0 Å². The van der Waals surface area contributed by atoms with Gasteiger partial charge >= 0.3 is 0 Å². The van der Waals surface area contributed by atoms with E-state index < -0.39 is 0 Å². The molecule has 5 rings (SSSR count). The van der Waals surface area contributed by atoms with Crippen LogP contribution in [0.2, 0.25) is 0 Å². The van der Waals surface area contributed by atoms with E-state index in [0.717, 1.165) is 33.9 Å². The van der Waals surface area contributed by atoms with Gasteiger partial charge in [-0.2, -0.15) is 4.68 Å². The number of fused-ring (bicyclic) bond motifs is 1. The van der Waals surface area contributed by atoms with E-state index in [2.05, 4.69) is 26.9 Å². The third-order valence-electron chi connectivity index (χ3n) is 5.18. The zero-order valence-electron chi connectivity index (χ0n) is 17.0. The number of anilines is 1. The van der Waals surface area contributed by atoms with Gasteiger partial charge in [0.25, 0.3) is 0 Å². The number of hydrogen-bond donors (Lipinski definition) is 1. The van der Waals surface area contributed by atoms with Crippen molar-refractivity contribution in [2.75, 3.05) is 12.4 Å². The van der Waals surface area contributed by atoms with Crippen molar-refractivity contribution < 1.29 is 9.47 Å². The highest BCUT2D eigenvalue weighted by Crippen LogP contribution is 2.33. The predicted molar refractivity (Wildman–Crippen MR) is 118 cm³/mol. The number of aromatic nitrogens is 4. The lowest BCUT2D eigenvalue weighted by atomic mass is 10.0. The Kier molecular flexibility index (Phi) is 5.06. The third kappa shape index (κ3) is 3.98. The molecule has 4 aromatic rings. The molecule has 154 valence electrons. The normalized spacial score (nSPS) is 14.9. The molecule has 0 unspecified atom stereocenters. The highest BCUT2D eigenvalue weighted by atomic mass is 16.5. The maximum atomic E-state index is 5.92. The lowest BCUT2D eigenvalue weighted by molar-refractivity contribution is 0.306. The summed E-state index contributed by atoms with van der Waals surface area (Å²) in [5.41, 5.74) is 4.12. The molecule has 1 aliphatic heterocycles. The van der Waals surface area contributed by atoms with Crippen molar-refractivity contribution in [3.63, 3.8) is 0 Å². The Hall–Kier alpha value is -4.13. The molecule has 0 saturated carbocycles. The molecule has 7 nitrogen and oxygen atoms in total. The fraction of sp³-hybridized carbons (Fsp3) is 0.125. The summed E-state index contributed by atoms with van der Waals surface area (Å²) in [5.74, 6) is 2.20. The van der Waals surface area contributed by atoms with Crippen molar-refractivity contribution in [2.45, 2.75) is 12.6 Å². The molecule has 0 radical (unpaired) electrons. The number of tetrazole rings is 1. The van der Waals surface area contributed by atoms with Gasteiger partial charge in [-0.25, -0.2) is 0 Å². The van der Waals surface area contributed by atoms with Crippen LogP contribution in [0.3, 0.4) is 0 Å². The summed E-state index contributed by atoms with van der Waals surface area (Å²) in [7, 11) is 1.66. The van der Waals surface area contributed by atoms with Gasteiger partial charge in [-0.3, -0.25) is 0 Å². The standard InChI is InChI=1S/C24H21N5O2/c1-30-21-9-5-8-19(14-21)22-15-23(29-24(25-22)26-27-28-29)18-10-12-20(13-11-18)31-16-17-6-3-2-4-7-17/h2-15,23H,16H2,1H3,(H,25,26,28)/t23-/m1/s1. The first kappa shape index (κ1) is 18.9. The van der Waals surface area contributed by atoms with Gasteiger partial charge in [-0.1, -0.05) is 59.7 Å². The molecule has 1 N–H and O–H groups in total. The van der Waals surface area contributed by atoms with Crippen molar-refractivity contribution >= 4 is 11.6 Å². The Bertz CT molecular complexity index is 1200. The minimum atomic E-state index is -0.143. The Morgan fingerprint density at radius 2 is 1.77 bits per heavy atom. The number of hydrogen-bond acceptors (Lipinski definition) is 6. The van der Waals surface area contributed by atoms with Gasteiger partial charge < -0.3 is 14.8 Å². The van der Waals surface area contributed by atoms with E-state index in [1.54, 1.807) is 11.8 Å². The molecular formula is C24H21N5O2. The lowest BCUT2D eigenvalue weighted by Crippen LogP contribution is -2.20. The Morgan fingerprint density at radius 1 is 0.935 bits per heavy atom. The average molecular weight is 411 g/mol. The first-order chi connectivity index (χ1) is 15.3. The first-order valence-electron chi connectivity index (χ1n) is 9.98. The smallest absolute Gasteiger partial charge is 0.248 e. The lowest BCUT2D eigenvalue weighted by Gasteiger charge is -2.23. The van der Waals surface area contributed by atoms with Gasteiger partial charge in [0.1, 0.15) is 24.1 Å². The van der Waals surface area contributed by atoms with Crippen LogP contribution in [0, 0.1) is 0 Å². The van der Waals surface area contributed by atoms with E-state index in [0.29, 0.717) is 12.6 Å². The number of rotatable bonds is 6. The summed E-state index contributed by atoms with van der Waals surface area (Å²) < 4.78 is 13.0. The quantitative estimate of drug-likeness (QED) is 0.509. The predicted octanol–water partition coefficient (Wildman–Crippen LogP) is 4.32. The Morgan fingerprint density at radius 3 is 2.58 bits per heavy atom. The van der Waals surface area contributed by atoms with Crippen LogP contribution in [0.1, 0.15) is 22.7 Å². The monoisotopic (exact) mass is 411 g/mol. The van der Waals surface area contributed by atoms with Crippen molar-refractivity contribution in [2.24, 2.45) is 0 Å². The summed E-state index contributed by atoms with van der Waals surface area (Å²) in [4.78, 5) is 0. The SMILES string of the molecule is COc1cccc(C2=C[C@H](c3ccc(OCc4ccccc4)cc3)n3nnnc3N2)c1. The van der Waals surface area contributed by atoms with E-state index in [9.17, 15) is 0 Å². The summed E-state index contributed by atoms with van der Waals surface area (Å²) in [6.45, 7) is 0.532. The summed E-state index contributed by atoms with van der Waals surface area (Å²) >= 11 is 0. The molecule has 0 amide bonds. The third-order valence-corrected chi connectivity index (χ3v) is 5.18. The summed E-state index contributed by atoms with van der Waals surface area (Å²) in [5, 5.41) is 15.4. The van der Waals surface area contributed by atoms with Crippen LogP contribution in [0.5, 0.6) is 11.5 Å². The fourth-order valence-corrected chi connectivity index (χ4v) is 3.55. The molecule has 0 aliphatic carbocycles. The molecular weight excluding hydrogens is 390 g/mol. The fourth-order valence-electron chi connectivity index (χ4n) is 3.55. The average Bonchev–Trinajstić information content (AvgIpc) is 3.32. The molecule has 3 aromatic carbocycles. The zero-order chi connectivity index (χ0) is 21.0. The van der Waals surface area contributed by atoms with Crippen molar-refractivity contribution in [1.82, 2.24) is 20.2 Å². The minimum absolute atomic E-state index is 0.143. The van der Waals surface area contributed by atoms with Crippen LogP contribution in [-0.4, -0.2) is 27.3 Å². The van der Waals surface area contributed by atoms with Crippen LogP contribution in [-0.2, 0) is 6.61 Å². The molecule has 0 fully saturated rings. The maximum Gasteiger partial charge on any atom is 0.248 e. The number of methoxy groups -OCH3 is 1. The second-order valence-corrected chi connectivity index (χ2v) is 7.17. The second-order valence-electron chi connectivity index (χ2n) is 7.17. The Balaban J connectivity index is 1.40. The highest BCUT2D eigenvalue weighted by molar-refractivity contribution is 5.77. The number of nitrogens with one attached hydrogen (secondary N) is 1. The minimum Gasteiger partial charge on any atom is -0.497 e. The molecule has 0 spiro atoms. The molecule has 2 heterocycles. The molecule has 1 aromatic heterocycles. The van der Waals surface area contributed by atoms with E-state index in [-0.39, 0.29) is 6.04 Å². The number of benzene rings is 3. The molecule has 0 saturated heterocycles. The van der Waals surface area contributed by atoms with Crippen LogP contribution >= 0.6 is 0 Å². The van der Waals surface area contributed by atoms with E-state index >= 15 is 0 Å². The van der Waals surface area contributed by atoms with Gasteiger partial charge in [-0.05, 0) is 51.9 Å². The molecule has 31 heavy (non-hydrogen) atoms. The molecule has 7 heteroatoms. The summed E-state index contributed by atoms with van der Waals surface area (Å²) in [6.07, 6.45) is 2.11. The largest absolute Gasteiger partial charge is 0.497 e. The molecule has 1 aliphatic rings. The number of ether oxygens (including phenoxy) is 2. The topological polar surface area (TPSA) is 74.1 Å². The molecule has 0 bridgehead atoms. The van der Waals surface area contributed by atoms with Crippen molar-refractivity contribution in [3.8, 4) is 11.5 Å². The van der Waals surface area contributed by atoms with Gasteiger partial charge in [0.05, 0.1) is 7.11 Å². The highest BCUT2D eigenvalue weighted by Gasteiger charge is 2.24. The first-order valence-corrected chi connectivity index (χ1v) is 9.98. The Labute approximate surface area is 179 Å². The second kappa shape index (κ2) is 8.31. The molecule has 1 atom stereocenters. The maximum absolute atomic E-state index is 5.92. The van der Waals surface area contributed by atoms with Crippen LogP contribution < -0.4 is 14.8 Å². The van der Waals surface area contributed by atoms with Crippen molar-refractivity contribution in [1.29, 1.82) is 0 Å². The summed E-state index contributed by atoms with van der Waals surface area (Å²) in [6, 6.07) is 25.9. The number of nitrogens with zero attached hydrogens (tertiary/aromatic N) is 4. The van der Waals surface area contributed by atoms with E-state index in [4.69, 9.17) is 9.47 Å². The van der Waals surface area contributed by atoms with Gasteiger partial charge in [0.2, 0.25) is 5.95 Å². The van der Waals surface area contributed by atoms with Crippen LogP contribution in [0.15, 0.2) is 84.9 Å². The van der Waals surface area contributed by atoms with Gasteiger partial charge in [-0.15, -0.1) is 0 Å². The van der Waals surface area contributed by atoms with Crippen LogP contribution in [0.4, 0.5) is 5.95 Å². The number of allylic oxidation sites excluding steroid dienone is 1. The van der Waals surface area contributed by atoms with Gasteiger partial charge in [0, 0.05) is 11.3 Å². The van der Waals surface area contributed by atoms with Crippen molar-refractivity contribution in [3.05, 3.63) is 102 Å². The van der Waals surface area contributed by atoms with E-state index in [1.807, 2.05) is 78.9 Å². The van der Waals surface area contributed by atoms with E-state index in [1.165, 1.54) is 0 Å².